The SMILES string of the molecule is O=C(CCCO)Nc1ccc(CCO)cc1. The summed E-state index contributed by atoms with van der Waals surface area (Å²) < 4.78 is 0. The lowest BCUT2D eigenvalue weighted by molar-refractivity contribution is -0.116. The fraction of sp³-hybridized carbons (Fsp3) is 0.417. The highest BCUT2D eigenvalue weighted by Crippen LogP contribution is 2.10. The minimum atomic E-state index is -0.0936. The van der Waals surface area contributed by atoms with E-state index in [-0.39, 0.29) is 19.1 Å². The monoisotopic (exact) mass is 223 g/mol. The van der Waals surface area contributed by atoms with Crippen LogP contribution in [0.25, 0.3) is 0 Å². The summed E-state index contributed by atoms with van der Waals surface area (Å²) in [5.74, 6) is -0.0936. The highest BCUT2D eigenvalue weighted by molar-refractivity contribution is 5.90. The summed E-state index contributed by atoms with van der Waals surface area (Å²) in [5.41, 5.74) is 1.78. The minimum Gasteiger partial charge on any atom is -0.396 e. The second-order valence-electron chi connectivity index (χ2n) is 3.55. The number of amides is 1. The summed E-state index contributed by atoms with van der Waals surface area (Å²) in [7, 11) is 0. The Morgan fingerprint density at radius 1 is 1.12 bits per heavy atom. The first kappa shape index (κ1) is 12.7. The summed E-state index contributed by atoms with van der Waals surface area (Å²) in [4.78, 5) is 11.3. The van der Waals surface area contributed by atoms with Crippen molar-refractivity contribution in [3.8, 4) is 0 Å². The zero-order valence-electron chi connectivity index (χ0n) is 9.15. The minimum absolute atomic E-state index is 0.0306. The van der Waals surface area contributed by atoms with Crippen molar-refractivity contribution in [2.45, 2.75) is 19.3 Å². The van der Waals surface area contributed by atoms with Crippen molar-refractivity contribution >= 4 is 11.6 Å². The van der Waals surface area contributed by atoms with Gasteiger partial charge in [-0.1, -0.05) is 12.1 Å². The lowest BCUT2D eigenvalue weighted by Gasteiger charge is -2.05. The molecular weight excluding hydrogens is 206 g/mol. The number of aliphatic hydroxyl groups is 2. The fourth-order valence-electron chi connectivity index (χ4n) is 1.35. The molecule has 0 saturated heterocycles. The van der Waals surface area contributed by atoms with Crippen LogP contribution in [0, 0.1) is 0 Å². The van der Waals surface area contributed by atoms with Crippen LogP contribution < -0.4 is 5.32 Å². The number of rotatable bonds is 6. The molecule has 0 radical (unpaired) electrons. The molecule has 0 saturated carbocycles. The summed E-state index contributed by atoms with van der Waals surface area (Å²) in [6.07, 6.45) is 1.43. The molecule has 0 spiro atoms. The number of carbonyl (C=O) groups excluding carboxylic acids is 1. The van der Waals surface area contributed by atoms with Crippen LogP contribution in [0.3, 0.4) is 0 Å². The van der Waals surface area contributed by atoms with Crippen LogP contribution in [-0.2, 0) is 11.2 Å². The van der Waals surface area contributed by atoms with Crippen molar-refractivity contribution < 1.29 is 15.0 Å². The quantitative estimate of drug-likeness (QED) is 0.672. The zero-order valence-corrected chi connectivity index (χ0v) is 9.15. The lowest BCUT2D eigenvalue weighted by Crippen LogP contribution is -2.11. The maximum atomic E-state index is 11.3. The Morgan fingerprint density at radius 2 is 1.81 bits per heavy atom. The summed E-state index contributed by atoms with van der Waals surface area (Å²) in [6.45, 7) is 0.158. The molecule has 0 heterocycles. The lowest BCUT2D eigenvalue weighted by atomic mass is 10.1. The summed E-state index contributed by atoms with van der Waals surface area (Å²) in [5, 5.41) is 20.0. The first-order valence-electron chi connectivity index (χ1n) is 5.37. The normalized spacial score (nSPS) is 10.1. The highest BCUT2D eigenvalue weighted by Gasteiger charge is 2.01. The molecule has 0 aromatic heterocycles. The summed E-state index contributed by atoms with van der Waals surface area (Å²) in [6, 6.07) is 7.36. The van der Waals surface area contributed by atoms with Crippen molar-refractivity contribution in [2.24, 2.45) is 0 Å². The third kappa shape index (κ3) is 4.42. The average Bonchev–Trinajstić information content (AvgIpc) is 2.29. The summed E-state index contributed by atoms with van der Waals surface area (Å²) >= 11 is 0. The van der Waals surface area contributed by atoms with Gasteiger partial charge in [-0.05, 0) is 30.5 Å². The molecule has 0 aliphatic carbocycles. The number of benzene rings is 1. The molecule has 3 N–H and O–H groups in total. The number of carbonyl (C=O) groups is 1. The number of hydrogen-bond acceptors (Lipinski definition) is 3. The van der Waals surface area contributed by atoms with Gasteiger partial charge < -0.3 is 15.5 Å². The Morgan fingerprint density at radius 3 is 2.38 bits per heavy atom. The van der Waals surface area contributed by atoms with E-state index in [2.05, 4.69) is 5.32 Å². The van der Waals surface area contributed by atoms with Gasteiger partial charge in [-0.15, -0.1) is 0 Å². The third-order valence-corrected chi connectivity index (χ3v) is 2.20. The van der Waals surface area contributed by atoms with Crippen molar-refractivity contribution in [2.75, 3.05) is 18.5 Å². The second kappa shape index (κ2) is 6.98. The molecule has 0 bridgehead atoms. The number of nitrogens with one attached hydrogen (secondary N) is 1. The van der Waals surface area contributed by atoms with Crippen molar-refractivity contribution in [3.05, 3.63) is 29.8 Å². The van der Waals surface area contributed by atoms with Gasteiger partial charge in [-0.3, -0.25) is 4.79 Å². The Kier molecular flexibility index (Phi) is 5.53. The smallest absolute Gasteiger partial charge is 0.224 e. The molecule has 0 unspecified atom stereocenters. The van der Waals surface area contributed by atoms with Gasteiger partial charge in [0, 0.05) is 25.3 Å². The van der Waals surface area contributed by atoms with Crippen molar-refractivity contribution in [1.29, 1.82) is 0 Å². The van der Waals surface area contributed by atoms with Crippen LogP contribution in [0.1, 0.15) is 18.4 Å². The third-order valence-electron chi connectivity index (χ3n) is 2.20. The Balaban J connectivity index is 2.45. The van der Waals surface area contributed by atoms with E-state index in [1.54, 1.807) is 0 Å². The highest BCUT2D eigenvalue weighted by atomic mass is 16.3. The molecule has 0 aliphatic heterocycles. The molecule has 4 heteroatoms. The van der Waals surface area contributed by atoms with E-state index >= 15 is 0 Å². The van der Waals surface area contributed by atoms with Gasteiger partial charge in [0.15, 0.2) is 0 Å². The maximum Gasteiger partial charge on any atom is 0.224 e. The maximum absolute atomic E-state index is 11.3. The van der Waals surface area contributed by atoms with Crippen LogP contribution in [0.4, 0.5) is 5.69 Å². The van der Waals surface area contributed by atoms with Gasteiger partial charge in [0.05, 0.1) is 0 Å². The molecule has 0 aliphatic rings. The predicted molar refractivity (Wildman–Crippen MR) is 62.2 cm³/mol. The van der Waals surface area contributed by atoms with Gasteiger partial charge in [0.2, 0.25) is 5.91 Å². The second-order valence-corrected chi connectivity index (χ2v) is 3.55. The molecule has 0 atom stereocenters. The van der Waals surface area contributed by atoms with Gasteiger partial charge in [-0.25, -0.2) is 0 Å². The Hall–Kier alpha value is -1.39. The molecule has 0 fully saturated rings. The fourth-order valence-corrected chi connectivity index (χ4v) is 1.35. The predicted octanol–water partition coefficient (Wildman–Crippen LogP) is 0.932. The number of anilines is 1. The average molecular weight is 223 g/mol. The molecule has 1 amide bonds. The van der Waals surface area contributed by atoms with Crippen LogP contribution in [0.15, 0.2) is 24.3 Å². The van der Waals surface area contributed by atoms with Crippen molar-refractivity contribution in [3.63, 3.8) is 0 Å². The van der Waals surface area contributed by atoms with Crippen LogP contribution >= 0.6 is 0 Å². The van der Waals surface area contributed by atoms with E-state index < -0.39 is 0 Å². The number of aliphatic hydroxyl groups excluding tert-OH is 2. The molecule has 4 nitrogen and oxygen atoms in total. The van der Waals surface area contributed by atoms with Crippen LogP contribution in [-0.4, -0.2) is 29.3 Å². The zero-order chi connectivity index (χ0) is 11.8. The molecule has 1 aromatic rings. The van der Waals surface area contributed by atoms with E-state index in [9.17, 15) is 4.79 Å². The van der Waals surface area contributed by atoms with E-state index in [1.165, 1.54) is 0 Å². The largest absolute Gasteiger partial charge is 0.396 e. The van der Waals surface area contributed by atoms with E-state index in [4.69, 9.17) is 10.2 Å². The van der Waals surface area contributed by atoms with E-state index in [0.29, 0.717) is 19.3 Å². The van der Waals surface area contributed by atoms with Crippen molar-refractivity contribution in [1.82, 2.24) is 0 Å². The molecule has 1 aromatic carbocycles. The van der Waals surface area contributed by atoms with Crippen LogP contribution in [0.5, 0.6) is 0 Å². The number of hydrogen-bond donors (Lipinski definition) is 3. The Labute approximate surface area is 94.9 Å². The molecular formula is C12H17NO3. The van der Waals surface area contributed by atoms with Gasteiger partial charge >= 0.3 is 0 Å². The van der Waals surface area contributed by atoms with Gasteiger partial charge in [0.25, 0.3) is 0 Å². The molecule has 16 heavy (non-hydrogen) atoms. The Bertz CT molecular complexity index is 322. The van der Waals surface area contributed by atoms with E-state index in [0.717, 1.165) is 11.3 Å². The topological polar surface area (TPSA) is 69.6 Å². The van der Waals surface area contributed by atoms with E-state index in [1.807, 2.05) is 24.3 Å². The molecule has 1 rings (SSSR count). The van der Waals surface area contributed by atoms with Crippen LogP contribution in [0.2, 0.25) is 0 Å². The van der Waals surface area contributed by atoms with Gasteiger partial charge in [-0.2, -0.15) is 0 Å². The molecule has 88 valence electrons. The van der Waals surface area contributed by atoms with Gasteiger partial charge in [0.1, 0.15) is 0 Å². The first-order valence-corrected chi connectivity index (χ1v) is 5.37. The first-order chi connectivity index (χ1) is 7.76. The standard InChI is InChI=1S/C12H17NO3/c14-8-1-2-12(16)13-11-5-3-10(4-6-11)7-9-15/h3-6,14-15H,1-2,7-9H2,(H,13,16).